The summed E-state index contributed by atoms with van der Waals surface area (Å²) in [5, 5.41) is 10.7. The summed E-state index contributed by atoms with van der Waals surface area (Å²) in [5.41, 5.74) is 7.93. The molecule has 0 spiro atoms. The molecule has 3 rings (SSSR count). The molecule has 4 N–H and O–H groups in total. The minimum Gasteiger partial charge on any atom is -0.507 e. The van der Waals surface area contributed by atoms with Gasteiger partial charge in [0.1, 0.15) is 5.75 Å². The normalized spacial score (nSPS) is 11.2. The van der Waals surface area contributed by atoms with Crippen LogP contribution in [0.5, 0.6) is 5.75 Å². The van der Waals surface area contributed by atoms with Crippen LogP contribution in [0.4, 0.5) is 0 Å². The van der Waals surface area contributed by atoms with Crippen LogP contribution in [-0.2, 0) is 6.54 Å². The standard InChI is InChI=1S/C13H13N3O2/c1-7-13(18-11(5-14)16-7)8-6-15-9-3-2-4-10(17)12(8)9/h2-4,6,15,17H,5,14H2,1H3. The summed E-state index contributed by atoms with van der Waals surface area (Å²) in [6, 6.07) is 5.33. The second-order valence-electron chi connectivity index (χ2n) is 4.13. The second kappa shape index (κ2) is 3.89. The maximum atomic E-state index is 9.95. The minimum atomic E-state index is 0.217. The maximum absolute atomic E-state index is 9.95. The number of hydrogen-bond acceptors (Lipinski definition) is 4. The van der Waals surface area contributed by atoms with E-state index >= 15 is 0 Å². The number of phenolic OH excluding ortho intramolecular Hbond substituents is 1. The number of benzene rings is 1. The lowest BCUT2D eigenvalue weighted by Crippen LogP contribution is -1.95. The molecule has 1 aromatic carbocycles. The highest BCUT2D eigenvalue weighted by Crippen LogP contribution is 2.36. The number of aromatic nitrogens is 2. The third kappa shape index (κ3) is 1.48. The van der Waals surface area contributed by atoms with Crippen molar-refractivity contribution in [1.29, 1.82) is 0 Å². The van der Waals surface area contributed by atoms with Crippen LogP contribution in [0, 0.1) is 6.92 Å². The van der Waals surface area contributed by atoms with Crippen molar-refractivity contribution in [1.82, 2.24) is 9.97 Å². The van der Waals surface area contributed by atoms with Crippen molar-refractivity contribution in [3.05, 3.63) is 36.0 Å². The lowest BCUT2D eigenvalue weighted by Gasteiger charge is -1.98. The van der Waals surface area contributed by atoms with E-state index in [1.807, 2.05) is 13.0 Å². The Morgan fingerprint density at radius 2 is 2.28 bits per heavy atom. The molecule has 92 valence electrons. The highest BCUT2D eigenvalue weighted by atomic mass is 16.4. The Morgan fingerprint density at radius 3 is 3.00 bits per heavy atom. The molecular weight excluding hydrogens is 230 g/mol. The molecule has 0 bridgehead atoms. The smallest absolute Gasteiger partial charge is 0.208 e. The van der Waals surface area contributed by atoms with Gasteiger partial charge in [0.05, 0.1) is 17.6 Å². The first-order valence-electron chi connectivity index (χ1n) is 5.66. The molecule has 3 aromatic rings. The Bertz CT molecular complexity index is 712. The molecule has 0 radical (unpaired) electrons. The van der Waals surface area contributed by atoms with E-state index in [0.717, 1.165) is 22.2 Å². The van der Waals surface area contributed by atoms with Crippen LogP contribution in [-0.4, -0.2) is 15.1 Å². The quantitative estimate of drug-likeness (QED) is 0.644. The zero-order valence-electron chi connectivity index (χ0n) is 9.90. The predicted molar refractivity (Wildman–Crippen MR) is 68.1 cm³/mol. The molecule has 0 atom stereocenters. The van der Waals surface area contributed by atoms with Crippen LogP contribution >= 0.6 is 0 Å². The van der Waals surface area contributed by atoms with Crippen molar-refractivity contribution >= 4 is 10.9 Å². The first kappa shape index (κ1) is 10.9. The summed E-state index contributed by atoms with van der Waals surface area (Å²) >= 11 is 0. The molecule has 18 heavy (non-hydrogen) atoms. The highest BCUT2D eigenvalue weighted by Gasteiger charge is 2.16. The van der Waals surface area contributed by atoms with E-state index in [-0.39, 0.29) is 12.3 Å². The molecule has 0 aliphatic rings. The van der Waals surface area contributed by atoms with E-state index < -0.39 is 0 Å². The lowest BCUT2D eigenvalue weighted by molar-refractivity contribution is 0.481. The number of nitrogens with one attached hydrogen (secondary N) is 1. The van der Waals surface area contributed by atoms with Crippen molar-refractivity contribution < 1.29 is 9.52 Å². The van der Waals surface area contributed by atoms with Crippen LogP contribution in [0.2, 0.25) is 0 Å². The van der Waals surface area contributed by atoms with Gasteiger partial charge < -0.3 is 20.2 Å². The average Bonchev–Trinajstić information content (AvgIpc) is 2.93. The third-order valence-electron chi connectivity index (χ3n) is 2.94. The summed E-state index contributed by atoms with van der Waals surface area (Å²) in [5.74, 6) is 1.35. The molecule has 0 saturated heterocycles. The van der Waals surface area contributed by atoms with Crippen molar-refractivity contribution in [2.45, 2.75) is 13.5 Å². The molecule has 2 aromatic heterocycles. The fourth-order valence-corrected chi connectivity index (χ4v) is 2.13. The minimum absolute atomic E-state index is 0.217. The van der Waals surface area contributed by atoms with Gasteiger partial charge in [-0.2, -0.15) is 0 Å². The van der Waals surface area contributed by atoms with Gasteiger partial charge in [-0.05, 0) is 19.1 Å². The topological polar surface area (TPSA) is 88.1 Å². The molecule has 5 heteroatoms. The monoisotopic (exact) mass is 243 g/mol. The second-order valence-corrected chi connectivity index (χ2v) is 4.13. The number of aromatic amines is 1. The largest absolute Gasteiger partial charge is 0.507 e. The summed E-state index contributed by atoms with van der Waals surface area (Å²) < 4.78 is 5.60. The first-order chi connectivity index (χ1) is 8.70. The molecule has 0 saturated carbocycles. The molecule has 5 nitrogen and oxygen atoms in total. The fraction of sp³-hybridized carbons (Fsp3) is 0.154. The van der Waals surface area contributed by atoms with Gasteiger partial charge >= 0.3 is 0 Å². The summed E-state index contributed by atoms with van der Waals surface area (Å²) in [4.78, 5) is 7.34. The van der Waals surface area contributed by atoms with Crippen LogP contribution in [0.15, 0.2) is 28.8 Å². The number of oxazole rings is 1. The SMILES string of the molecule is Cc1nc(CN)oc1-c1c[nH]c2cccc(O)c12. The molecule has 0 aliphatic heterocycles. The Morgan fingerprint density at radius 1 is 1.44 bits per heavy atom. The van der Waals surface area contributed by atoms with Gasteiger partial charge in [-0.1, -0.05) is 6.07 Å². The number of nitrogens with zero attached hydrogens (tertiary/aromatic N) is 1. The third-order valence-corrected chi connectivity index (χ3v) is 2.94. The Balaban J connectivity index is 2.28. The van der Waals surface area contributed by atoms with Crippen molar-refractivity contribution in [3.8, 4) is 17.1 Å². The van der Waals surface area contributed by atoms with Crippen LogP contribution < -0.4 is 5.73 Å². The number of aromatic hydroxyl groups is 1. The van der Waals surface area contributed by atoms with Gasteiger partial charge in [-0.15, -0.1) is 0 Å². The van der Waals surface area contributed by atoms with Gasteiger partial charge in [-0.25, -0.2) is 4.98 Å². The summed E-state index contributed by atoms with van der Waals surface area (Å²) in [6.07, 6.45) is 1.80. The van der Waals surface area contributed by atoms with Crippen LogP contribution in [0.3, 0.4) is 0 Å². The van der Waals surface area contributed by atoms with Gasteiger partial charge in [0, 0.05) is 17.3 Å². The van der Waals surface area contributed by atoms with Gasteiger partial charge in [0.2, 0.25) is 5.89 Å². The number of phenols is 1. The Labute approximate surface area is 103 Å². The number of fused-ring (bicyclic) bond motifs is 1. The number of H-pyrrole nitrogens is 1. The molecule has 2 heterocycles. The summed E-state index contributed by atoms with van der Waals surface area (Å²) in [6.45, 7) is 2.12. The number of hydrogen-bond donors (Lipinski definition) is 3. The first-order valence-corrected chi connectivity index (χ1v) is 5.66. The van der Waals surface area contributed by atoms with E-state index in [1.165, 1.54) is 0 Å². The molecule has 0 aliphatic carbocycles. The Kier molecular flexibility index (Phi) is 2.34. The van der Waals surface area contributed by atoms with E-state index in [4.69, 9.17) is 10.2 Å². The zero-order chi connectivity index (χ0) is 12.7. The van der Waals surface area contributed by atoms with Gasteiger partial charge in [-0.3, -0.25) is 0 Å². The number of aryl methyl sites for hydroxylation is 1. The Hall–Kier alpha value is -2.27. The molecular formula is C13H13N3O2. The lowest BCUT2D eigenvalue weighted by atomic mass is 10.1. The summed E-state index contributed by atoms with van der Waals surface area (Å²) in [7, 11) is 0. The maximum Gasteiger partial charge on any atom is 0.208 e. The molecule has 0 fully saturated rings. The van der Waals surface area contributed by atoms with Crippen LogP contribution in [0.25, 0.3) is 22.2 Å². The predicted octanol–water partition coefficient (Wildman–Crippen LogP) is 2.30. The average molecular weight is 243 g/mol. The van der Waals surface area contributed by atoms with Crippen molar-refractivity contribution in [2.75, 3.05) is 0 Å². The van der Waals surface area contributed by atoms with Gasteiger partial charge in [0.25, 0.3) is 0 Å². The number of rotatable bonds is 2. The number of nitrogens with two attached hydrogens (primary N) is 1. The van der Waals surface area contributed by atoms with Gasteiger partial charge in [0.15, 0.2) is 5.76 Å². The highest BCUT2D eigenvalue weighted by molar-refractivity contribution is 5.98. The van der Waals surface area contributed by atoms with E-state index in [1.54, 1.807) is 18.3 Å². The van der Waals surface area contributed by atoms with Crippen LogP contribution in [0.1, 0.15) is 11.6 Å². The van der Waals surface area contributed by atoms with E-state index in [9.17, 15) is 5.11 Å². The van der Waals surface area contributed by atoms with Crippen molar-refractivity contribution in [3.63, 3.8) is 0 Å². The zero-order valence-corrected chi connectivity index (χ0v) is 9.90. The van der Waals surface area contributed by atoms with E-state index in [2.05, 4.69) is 9.97 Å². The van der Waals surface area contributed by atoms with E-state index in [0.29, 0.717) is 11.7 Å². The molecule has 0 amide bonds. The molecule has 0 unspecified atom stereocenters. The van der Waals surface area contributed by atoms with Crippen molar-refractivity contribution in [2.24, 2.45) is 5.73 Å². The fourth-order valence-electron chi connectivity index (χ4n) is 2.13.